The maximum Gasteiger partial charge on any atom is 0.354 e. The van der Waals surface area contributed by atoms with Crippen molar-refractivity contribution in [1.82, 2.24) is 5.32 Å². The number of ether oxygens (including phenoxy) is 1. The highest BCUT2D eigenvalue weighted by Gasteiger charge is 2.17. The van der Waals surface area contributed by atoms with E-state index in [0.29, 0.717) is 15.6 Å². The number of nitrogens with one attached hydrogen (secondary N) is 1. The standard InChI is InChI=1S/C20H19BrN2O5/c1-13(2)12-28-20(25)18(10-14-5-3-8-17(9-14)23(26)27)22-19(24)15-6-4-7-16(21)11-15/h3-11,13H,12H2,1-2H3,(H,22,24)/b18-10-. The lowest BCUT2D eigenvalue weighted by Crippen LogP contribution is -2.29. The molecule has 0 bridgehead atoms. The van der Waals surface area contributed by atoms with Gasteiger partial charge in [0, 0.05) is 22.2 Å². The summed E-state index contributed by atoms with van der Waals surface area (Å²) >= 11 is 3.29. The van der Waals surface area contributed by atoms with E-state index in [9.17, 15) is 19.7 Å². The van der Waals surface area contributed by atoms with E-state index in [0.717, 1.165) is 0 Å². The first kappa shape index (κ1) is 21.3. The van der Waals surface area contributed by atoms with E-state index in [1.807, 2.05) is 13.8 Å². The van der Waals surface area contributed by atoms with Crippen molar-refractivity contribution in [3.63, 3.8) is 0 Å². The molecule has 146 valence electrons. The Labute approximate surface area is 170 Å². The molecule has 0 aliphatic heterocycles. The van der Waals surface area contributed by atoms with Crippen LogP contribution < -0.4 is 5.32 Å². The molecule has 2 rings (SSSR count). The van der Waals surface area contributed by atoms with Gasteiger partial charge in [-0.1, -0.05) is 48.0 Å². The fraction of sp³-hybridized carbons (Fsp3) is 0.200. The van der Waals surface area contributed by atoms with Crippen LogP contribution in [0.3, 0.4) is 0 Å². The number of amides is 1. The molecule has 0 heterocycles. The van der Waals surface area contributed by atoms with E-state index in [1.54, 1.807) is 30.3 Å². The SMILES string of the molecule is CC(C)COC(=O)/C(=C/c1cccc([N+](=O)[O-])c1)NC(=O)c1cccc(Br)c1. The van der Waals surface area contributed by atoms with E-state index < -0.39 is 16.8 Å². The van der Waals surface area contributed by atoms with Crippen LogP contribution >= 0.6 is 15.9 Å². The number of nitro groups is 1. The zero-order valence-electron chi connectivity index (χ0n) is 15.3. The van der Waals surface area contributed by atoms with Crippen molar-refractivity contribution in [2.45, 2.75) is 13.8 Å². The van der Waals surface area contributed by atoms with Gasteiger partial charge in [-0.15, -0.1) is 0 Å². The molecule has 1 N–H and O–H groups in total. The largest absolute Gasteiger partial charge is 0.461 e. The van der Waals surface area contributed by atoms with Gasteiger partial charge < -0.3 is 10.1 Å². The summed E-state index contributed by atoms with van der Waals surface area (Å²) in [4.78, 5) is 35.4. The Morgan fingerprint density at radius 1 is 1.21 bits per heavy atom. The van der Waals surface area contributed by atoms with Gasteiger partial charge in [-0.3, -0.25) is 14.9 Å². The van der Waals surface area contributed by atoms with Crippen LogP contribution in [0.5, 0.6) is 0 Å². The summed E-state index contributed by atoms with van der Waals surface area (Å²) in [7, 11) is 0. The first-order valence-electron chi connectivity index (χ1n) is 8.46. The van der Waals surface area contributed by atoms with Gasteiger partial charge in [-0.25, -0.2) is 4.79 Å². The third-order valence-corrected chi connectivity index (χ3v) is 3.99. The Hall–Kier alpha value is -3.00. The second-order valence-corrected chi connectivity index (χ2v) is 7.28. The Bertz CT molecular complexity index is 924. The first-order chi connectivity index (χ1) is 13.3. The Morgan fingerprint density at radius 3 is 2.57 bits per heavy atom. The number of nitrogens with zero attached hydrogens (tertiary/aromatic N) is 1. The highest BCUT2D eigenvalue weighted by atomic mass is 79.9. The molecular weight excluding hydrogens is 428 g/mol. The molecule has 1 amide bonds. The van der Waals surface area contributed by atoms with Gasteiger partial charge >= 0.3 is 5.97 Å². The van der Waals surface area contributed by atoms with Gasteiger partial charge in [-0.2, -0.15) is 0 Å². The predicted molar refractivity (Wildman–Crippen MR) is 108 cm³/mol. The molecule has 0 saturated heterocycles. The van der Waals surface area contributed by atoms with Gasteiger partial charge in [0.05, 0.1) is 11.5 Å². The molecule has 0 fully saturated rings. The molecule has 0 aromatic heterocycles. The summed E-state index contributed by atoms with van der Waals surface area (Å²) in [6, 6.07) is 12.4. The smallest absolute Gasteiger partial charge is 0.354 e. The number of esters is 1. The highest BCUT2D eigenvalue weighted by molar-refractivity contribution is 9.10. The van der Waals surface area contributed by atoms with E-state index >= 15 is 0 Å². The number of nitro benzene ring substituents is 1. The lowest BCUT2D eigenvalue weighted by atomic mass is 10.1. The van der Waals surface area contributed by atoms with Crippen LogP contribution in [0.25, 0.3) is 6.08 Å². The Morgan fingerprint density at radius 2 is 1.93 bits per heavy atom. The summed E-state index contributed by atoms with van der Waals surface area (Å²) in [5.41, 5.74) is 0.504. The van der Waals surface area contributed by atoms with E-state index in [4.69, 9.17) is 4.74 Å². The van der Waals surface area contributed by atoms with Crippen LogP contribution in [0.2, 0.25) is 0 Å². The van der Waals surface area contributed by atoms with E-state index in [2.05, 4.69) is 21.2 Å². The minimum atomic E-state index is -0.719. The number of carbonyl (C=O) groups is 2. The lowest BCUT2D eigenvalue weighted by molar-refractivity contribution is -0.384. The maximum absolute atomic E-state index is 12.5. The molecule has 0 atom stereocenters. The van der Waals surface area contributed by atoms with Crippen LogP contribution in [0.1, 0.15) is 29.8 Å². The molecule has 0 aliphatic carbocycles. The van der Waals surface area contributed by atoms with Crippen LogP contribution in [0, 0.1) is 16.0 Å². The van der Waals surface area contributed by atoms with E-state index in [-0.39, 0.29) is 23.9 Å². The topological polar surface area (TPSA) is 98.5 Å². The number of halogens is 1. The van der Waals surface area contributed by atoms with Gasteiger partial charge in [0.2, 0.25) is 0 Å². The molecule has 0 saturated carbocycles. The maximum atomic E-state index is 12.5. The van der Waals surface area contributed by atoms with Crippen LogP contribution in [0.4, 0.5) is 5.69 Å². The molecule has 0 unspecified atom stereocenters. The zero-order chi connectivity index (χ0) is 20.7. The highest BCUT2D eigenvalue weighted by Crippen LogP contribution is 2.17. The van der Waals surface area contributed by atoms with E-state index in [1.165, 1.54) is 24.3 Å². The first-order valence-corrected chi connectivity index (χ1v) is 9.25. The van der Waals surface area contributed by atoms with Crippen molar-refractivity contribution in [1.29, 1.82) is 0 Å². The summed E-state index contributed by atoms with van der Waals surface area (Å²) in [5.74, 6) is -1.10. The van der Waals surface area contributed by atoms with Gasteiger partial charge in [-0.05, 0) is 35.8 Å². The Balaban J connectivity index is 2.33. The molecule has 28 heavy (non-hydrogen) atoms. The number of hydrogen-bond donors (Lipinski definition) is 1. The van der Waals surface area contributed by atoms with Gasteiger partial charge in [0.25, 0.3) is 11.6 Å². The van der Waals surface area contributed by atoms with Crippen LogP contribution in [0.15, 0.2) is 58.7 Å². The van der Waals surface area contributed by atoms with Crippen molar-refractivity contribution in [2.24, 2.45) is 5.92 Å². The fourth-order valence-electron chi connectivity index (χ4n) is 2.19. The monoisotopic (exact) mass is 446 g/mol. The number of benzene rings is 2. The second kappa shape index (κ2) is 9.80. The average Bonchev–Trinajstić information content (AvgIpc) is 2.65. The summed E-state index contributed by atoms with van der Waals surface area (Å²) < 4.78 is 5.93. The minimum absolute atomic E-state index is 0.105. The number of carbonyl (C=O) groups excluding carboxylic acids is 2. The third kappa shape index (κ3) is 6.31. The predicted octanol–water partition coefficient (Wildman–Crippen LogP) is 4.33. The number of hydrogen-bond acceptors (Lipinski definition) is 5. The second-order valence-electron chi connectivity index (χ2n) is 6.37. The molecule has 2 aromatic rings. The molecule has 0 spiro atoms. The van der Waals surface area contributed by atoms with Crippen molar-refractivity contribution in [3.8, 4) is 0 Å². The molecule has 2 aromatic carbocycles. The van der Waals surface area contributed by atoms with Crippen molar-refractivity contribution < 1.29 is 19.2 Å². The third-order valence-electron chi connectivity index (χ3n) is 3.49. The van der Waals surface area contributed by atoms with Crippen LogP contribution in [-0.4, -0.2) is 23.4 Å². The zero-order valence-corrected chi connectivity index (χ0v) is 16.9. The lowest BCUT2D eigenvalue weighted by Gasteiger charge is -2.12. The van der Waals surface area contributed by atoms with Crippen molar-refractivity contribution in [2.75, 3.05) is 6.61 Å². The molecular formula is C20H19BrN2O5. The number of rotatable bonds is 7. The molecule has 7 nitrogen and oxygen atoms in total. The molecule has 0 radical (unpaired) electrons. The minimum Gasteiger partial charge on any atom is -0.461 e. The average molecular weight is 447 g/mol. The van der Waals surface area contributed by atoms with Gasteiger partial charge in [0.15, 0.2) is 0 Å². The van der Waals surface area contributed by atoms with Crippen LogP contribution in [-0.2, 0) is 9.53 Å². The van der Waals surface area contributed by atoms with Crippen molar-refractivity contribution >= 4 is 39.6 Å². The van der Waals surface area contributed by atoms with Crippen molar-refractivity contribution in [3.05, 3.63) is 79.9 Å². The molecule has 8 heteroatoms. The summed E-state index contributed by atoms with van der Waals surface area (Å²) in [6.07, 6.45) is 1.35. The summed E-state index contributed by atoms with van der Waals surface area (Å²) in [5, 5.41) is 13.5. The normalized spacial score (nSPS) is 11.2. The fourth-order valence-corrected chi connectivity index (χ4v) is 2.58. The van der Waals surface area contributed by atoms with Gasteiger partial charge in [0.1, 0.15) is 5.70 Å². The Kier molecular flexibility index (Phi) is 7.45. The molecule has 0 aliphatic rings. The quantitative estimate of drug-likeness (QED) is 0.295. The number of non-ortho nitro benzene ring substituents is 1. The summed E-state index contributed by atoms with van der Waals surface area (Å²) in [6.45, 7) is 3.95.